The second-order valence-electron chi connectivity index (χ2n) is 4.57. The molecule has 0 unspecified atom stereocenters. The summed E-state index contributed by atoms with van der Waals surface area (Å²) in [5, 5.41) is 2.63. The quantitative estimate of drug-likeness (QED) is 0.678. The van der Waals surface area contributed by atoms with E-state index in [2.05, 4.69) is 11.2 Å². The van der Waals surface area contributed by atoms with Gasteiger partial charge >= 0.3 is 0 Å². The van der Waals surface area contributed by atoms with Crippen LogP contribution in [0.1, 0.15) is 19.3 Å². The van der Waals surface area contributed by atoms with Crippen LogP contribution in [0.3, 0.4) is 0 Å². The predicted molar refractivity (Wildman–Crippen MR) is 59.3 cm³/mol. The summed E-state index contributed by atoms with van der Waals surface area (Å²) in [6.45, 7) is 1.63. The molecule has 1 saturated carbocycles. The van der Waals surface area contributed by atoms with Gasteiger partial charge < -0.3 is 10.2 Å². The highest BCUT2D eigenvalue weighted by molar-refractivity contribution is 5.89. The van der Waals surface area contributed by atoms with Crippen molar-refractivity contribution in [2.45, 2.75) is 19.3 Å². The number of hydrogen-bond acceptors (Lipinski definition) is 2. The van der Waals surface area contributed by atoms with Gasteiger partial charge in [-0.2, -0.15) is 0 Å². The minimum absolute atomic E-state index is 0.0930. The van der Waals surface area contributed by atoms with E-state index in [0.29, 0.717) is 18.9 Å². The van der Waals surface area contributed by atoms with Gasteiger partial charge in [-0.3, -0.25) is 9.59 Å². The van der Waals surface area contributed by atoms with Crippen molar-refractivity contribution in [1.29, 1.82) is 0 Å². The van der Waals surface area contributed by atoms with Gasteiger partial charge in [-0.1, -0.05) is 5.92 Å². The maximum Gasteiger partial charge on any atom is 0.226 e. The molecule has 1 aliphatic carbocycles. The van der Waals surface area contributed by atoms with E-state index in [0.717, 1.165) is 6.54 Å². The van der Waals surface area contributed by atoms with Crippen LogP contribution < -0.4 is 5.32 Å². The number of rotatable bonds is 4. The smallest absolute Gasteiger partial charge is 0.226 e. The fraction of sp³-hybridized carbons (Fsp3) is 0.667. The molecule has 0 radical (unpaired) electrons. The lowest BCUT2D eigenvalue weighted by molar-refractivity contribution is -0.129. The summed E-state index contributed by atoms with van der Waals surface area (Å²) in [4.78, 5) is 25.1. The van der Waals surface area contributed by atoms with E-state index in [1.165, 1.54) is 12.8 Å². The van der Waals surface area contributed by atoms with Gasteiger partial charge in [0.25, 0.3) is 0 Å². The Balaban J connectivity index is 1.82. The first-order chi connectivity index (χ1) is 7.70. The van der Waals surface area contributed by atoms with Crippen molar-refractivity contribution in [1.82, 2.24) is 10.2 Å². The minimum atomic E-state index is -0.209. The molecule has 1 atom stereocenters. The van der Waals surface area contributed by atoms with Crippen LogP contribution in [-0.4, -0.2) is 36.3 Å². The summed E-state index contributed by atoms with van der Waals surface area (Å²) < 4.78 is 0. The Hall–Kier alpha value is -1.50. The molecule has 2 fully saturated rings. The molecule has 0 aromatic carbocycles. The van der Waals surface area contributed by atoms with Crippen LogP contribution in [0.5, 0.6) is 0 Å². The van der Waals surface area contributed by atoms with Gasteiger partial charge in [0.05, 0.1) is 12.5 Å². The summed E-state index contributed by atoms with van der Waals surface area (Å²) in [5.74, 6) is 2.84. The molecule has 4 heteroatoms. The number of likely N-dealkylation sites (tertiary alicyclic amines) is 1. The summed E-state index contributed by atoms with van der Waals surface area (Å²) >= 11 is 0. The van der Waals surface area contributed by atoms with Crippen LogP contribution in [0.25, 0.3) is 0 Å². The highest BCUT2D eigenvalue weighted by atomic mass is 16.2. The first kappa shape index (κ1) is 11.0. The molecule has 1 saturated heterocycles. The third-order valence-electron chi connectivity index (χ3n) is 3.13. The summed E-state index contributed by atoms with van der Waals surface area (Å²) in [6.07, 6.45) is 7.84. The van der Waals surface area contributed by atoms with Gasteiger partial charge in [-0.25, -0.2) is 0 Å². The van der Waals surface area contributed by atoms with E-state index in [4.69, 9.17) is 6.42 Å². The Morgan fingerprint density at radius 2 is 2.31 bits per heavy atom. The lowest BCUT2D eigenvalue weighted by atomic mass is 10.1. The van der Waals surface area contributed by atoms with Gasteiger partial charge in [0.15, 0.2) is 0 Å². The van der Waals surface area contributed by atoms with E-state index in [9.17, 15) is 9.59 Å². The Morgan fingerprint density at radius 3 is 2.94 bits per heavy atom. The Bertz CT molecular complexity index is 341. The maximum atomic E-state index is 11.6. The van der Waals surface area contributed by atoms with Gasteiger partial charge in [-0.05, 0) is 18.8 Å². The number of nitrogens with one attached hydrogen (secondary N) is 1. The van der Waals surface area contributed by atoms with Gasteiger partial charge in [-0.15, -0.1) is 6.42 Å². The number of nitrogens with zero attached hydrogens (tertiary/aromatic N) is 1. The monoisotopic (exact) mass is 220 g/mol. The molecule has 0 spiro atoms. The Labute approximate surface area is 95.4 Å². The number of carbonyl (C=O) groups excluding carboxylic acids is 2. The average molecular weight is 220 g/mol. The molecule has 0 aromatic heterocycles. The molecule has 1 aliphatic heterocycles. The van der Waals surface area contributed by atoms with Crippen LogP contribution in [0.4, 0.5) is 0 Å². The molecule has 2 amide bonds. The molecule has 0 bridgehead atoms. The standard InChI is InChI=1S/C12H16N2O2/c1-2-5-13-12(16)10-6-11(15)14(8-10)7-9-3-4-9/h1,9-10H,3-8H2,(H,13,16)/t10-/m0/s1. The molecule has 1 heterocycles. The summed E-state index contributed by atoms with van der Waals surface area (Å²) in [6, 6.07) is 0. The Kier molecular flexibility index (Phi) is 3.14. The van der Waals surface area contributed by atoms with Crippen molar-refractivity contribution in [2.24, 2.45) is 11.8 Å². The topological polar surface area (TPSA) is 49.4 Å². The number of carbonyl (C=O) groups is 2. The maximum absolute atomic E-state index is 11.6. The number of terminal acetylenes is 1. The first-order valence-corrected chi connectivity index (χ1v) is 5.69. The molecular formula is C12H16N2O2. The summed E-state index contributed by atoms with van der Waals surface area (Å²) in [7, 11) is 0. The molecule has 16 heavy (non-hydrogen) atoms. The van der Waals surface area contributed by atoms with E-state index in [-0.39, 0.29) is 24.3 Å². The average Bonchev–Trinajstić information content (AvgIpc) is 3.00. The van der Waals surface area contributed by atoms with E-state index in [1.54, 1.807) is 0 Å². The van der Waals surface area contributed by atoms with Crippen LogP contribution in [0.15, 0.2) is 0 Å². The van der Waals surface area contributed by atoms with Gasteiger partial charge in [0, 0.05) is 19.5 Å². The third kappa shape index (κ3) is 2.54. The zero-order valence-electron chi connectivity index (χ0n) is 9.24. The van der Waals surface area contributed by atoms with Crippen molar-refractivity contribution >= 4 is 11.8 Å². The molecule has 86 valence electrons. The Morgan fingerprint density at radius 1 is 1.56 bits per heavy atom. The second kappa shape index (κ2) is 4.56. The third-order valence-corrected chi connectivity index (χ3v) is 3.13. The first-order valence-electron chi connectivity index (χ1n) is 5.69. The lowest BCUT2D eigenvalue weighted by Gasteiger charge is -2.15. The van der Waals surface area contributed by atoms with Crippen molar-refractivity contribution < 1.29 is 9.59 Å². The van der Waals surface area contributed by atoms with Crippen molar-refractivity contribution in [3.8, 4) is 12.3 Å². The van der Waals surface area contributed by atoms with Crippen molar-refractivity contribution in [3.05, 3.63) is 0 Å². The predicted octanol–water partition coefficient (Wildman–Crippen LogP) is -0.00570. The lowest BCUT2D eigenvalue weighted by Crippen LogP contribution is -2.33. The van der Waals surface area contributed by atoms with Crippen LogP contribution in [0, 0.1) is 24.2 Å². The molecule has 2 rings (SSSR count). The SMILES string of the molecule is C#CCNC(=O)[C@H]1CC(=O)N(CC2CC2)C1. The van der Waals surface area contributed by atoms with Crippen LogP contribution in [-0.2, 0) is 9.59 Å². The van der Waals surface area contributed by atoms with Crippen molar-refractivity contribution in [3.63, 3.8) is 0 Å². The minimum Gasteiger partial charge on any atom is -0.345 e. The molecule has 1 N–H and O–H groups in total. The normalized spacial score (nSPS) is 24.3. The second-order valence-corrected chi connectivity index (χ2v) is 4.57. The molecule has 2 aliphatic rings. The fourth-order valence-electron chi connectivity index (χ4n) is 2.02. The highest BCUT2D eigenvalue weighted by Gasteiger charge is 2.36. The summed E-state index contributed by atoms with van der Waals surface area (Å²) in [5.41, 5.74) is 0. The van der Waals surface area contributed by atoms with E-state index >= 15 is 0 Å². The molecular weight excluding hydrogens is 204 g/mol. The van der Waals surface area contributed by atoms with Crippen LogP contribution >= 0.6 is 0 Å². The number of hydrogen-bond donors (Lipinski definition) is 1. The molecule has 4 nitrogen and oxygen atoms in total. The van der Waals surface area contributed by atoms with Gasteiger partial charge in [0.2, 0.25) is 11.8 Å². The zero-order chi connectivity index (χ0) is 11.5. The molecule has 0 aromatic rings. The number of amides is 2. The highest BCUT2D eigenvalue weighted by Crippen LogP contribution is 2.31. The van der Waals surface area contributed by atoms with Crippen molar-refractivity contribution in [2.75, 3.05) is 19.6 Å². The van der Waals surface area contributed by atoms with Crippen LogP contribution in [0.2, 0.25) is 0 Å². The fourth-order valence-corrected chi connectivity index (χ4v) is 2.02. The largest absolute Gasteiger partial charge is 0.345 e. The van der Waals surface area contributed by atoms with E-state index < -0.39 is 0 Å². The van der Waals surface area contributed by atoms with Gasteiger partial charge in [0.1, 0.15) is 0 Å². The van der Waals surface area contributed by atoms with E-state index in [1.807, 2.05) is 4.90 Å². The zero-order valence-corrected chi connectivity index (χ0v) is 9.24.